The molecule has 0 saturated carbocycles. The van der Waals surface area contributed by atoms with E-state index >= 15 is 0 Å². The Morgan fingerprint density at radius 3 is 2.63 bits per heavy atom. The number of aromatic nitrogens is 4. The predicted octanol–water partition coefficient (Wildman–Crippen LogP) is 1.44. The van der Waals surface area contributed by atoms with Crippen molar-refractivity contribution in [2.24, 2.45) is 0 Å². The predicted molar refractivity (Wildman–Crippen MR) is 113 cm³/mol. The summed E-state index contributed by atoms with van der Waals surface area (Å²) in [6.07, 6.45) is 0.623. The molecule has 158 valence electrons. The number of H-pyrrole nitrogens is 1. The van der Waals surface area contributed by atoms with Crippen molar-refractivity contribution in [3.05, 3.63) is 57.0 Å². The number of hydrogen-bond donors (Lipinski definition) is 2. The van der Waals surface area contributed by atoms with E-state index in [1.54, 1.807) is 11.8 Å². The largest absolute Gasteiger partial charge is 0.378 e. The standard InChI is InChI=1S/C21H26N6O3/c1-14-3-5-16(6-4-14)13-22-20-24-21-23-15(2)17(19(29)27(21)25-20)7-8-18(28)26-9-11-30-12-10-26/h3-6H,7-13H2,1-2H3,(H2,22,23,24,25). The molecule has 0 aliphatic carbocycles. The van der Waals surface area contributed by atoms with Gasteiger partial charge in [0.2, 0.25) is 11.9 Å². The summed E-state index contributed by atoms with van der Waals surface area (Å²) >= 11 is 0. The average Bonchev–Trinajstić information content (AvgIpc) is 3.16. The normalized spacial score (nSPS) is 14.3. The quantitative estimate of drug-likeness (QED) is 0.637. The molecule has 4 rings (SSSR count). The fourth-order valence-corrected chi connectivity index (χ4v) is 3.52. The first-order chi connectivity index (χ1) is 14.5. The minimum Gasteiger partial charge on any atom is -0.378 e. The van der Waals surface area contributed by atoms with E-state index < -0.39 is 0 Å². The monoisotopic (exact) mass is 410 g/mol. The Labute approximate surface area is 174 Å². The lowest BCUT2D eigenvalue weighted by Crippen LogP contribution is -2.41. The zero-order valence-electron chi connectivity index (χ0n) is 17.3. The third kappa shape index (κ3) is 4.35. The highest BCUT2D eigenvalue weighted by molar-refractivity contribution is 5.76. The fourth-order valence-electron chi connectivity index (χ4n) is 3.52. The molecule has 0 unspecified atom stereocenters. The number of hydrogen-bond acceptors (Lipinski definition) is 6. The lowest BCUT2D eigenvalue weighted by atomic mass is 10.1. The van der Waals surface area contributed by atoms with Crippen molar-refractivity contribution in [1.82, 2.24) is 24.5 Å². The van der Waals surface area contributed by atoms with Crippen molar-refractivity contribution in [1.29, 1.82) is 0 Å². The van der Waals surface area contributed by atoms with Gasteiger partial charge in [0.05, 0.1) is 18.9 Å². The number of nitrogens with one attached hydrogen (secondary N) is 2. The molecular formula is C21H26N6O3. The van der Waals surface area contributed by atoms with Crippen LogP contribution < -0.4 is 10.9 Å². The van der Waals surface area contributed by atoms with E-state index in [9.17, 15) is 9.59 Å². The van der Waals surface area contributed by atoms with Crippen LogP contribution in [0.2, 0.25) is 0 Å². The third-order valence-electron chi connectivity index (χ3n) is 5.33. The smallest absolute Gasteiger partial charge is 0.277 e. The molecule has 1 saturated heterocycles. The van der Waals surface area contributed by atoms with E-state index in [-0.39, 0.29) is 17.9 Å². The van der Waals surface area contributed by atoms with E-state index in [1.165, 1.54) is 10.1 Å². The number of fused-ring (bicyclic) bond motifs is 1. The van der Waals surface area contributed by atoms with Gasteiger partial charge in [-0.2, -0.15) is 9.50 Å². The van der Waals surface area contributed by atoms with E-state index in [1.807, 2.05) is 19.1 Å². The number of aromatic amines is 1. The number of carbonyl (C=O) groups is 1. The van der Waals surface area contributed by atoms with Crippen LogP contribution in [-0.4, -0.2) is 56.7 Å². The molecule has 2 N–H and O–H groups in total. The van der Waals surface area contributed by atoms with E-state index in [0.29, 0.717) is 62.3 Å². The highest BCUT2D eigenvalue weighted by Gasteiger charge is 2.19. The molecule has 9 nitrogen and oxygen atoms in total. The molecule has 0 spiro atoms. The number of amides is 1. The van der Waals surface area contributed by atoms with Crippen LogP contribution in [0, 0.1) is 13.8 Å². The van der Waals surface area contributed by atoms with Gasteiger partial charge in [-0.1, -0.05) is 29.8 Å². The Morgan fingerprint density at radius 2 is 1.90 bits per heavy atom. The Balaban J connectivity index is 1.47. The second kappa shape index (κ2) is 8.66. The maximum atomic E-state index is 12.9. The van der Waals surface area contributed by atoms with Crippen molar-refractivity contribution in [2.75, 3.05) is 31.6 Å². The second-order valence-electron chi connectivity index (χ2n) is 7.52. The first kappa shape index (κ1) is 20.1. The molecule has 9 heteroatoms. The molecule has 0 radical (unpaired) electrons. The highest BCUT2D eigenvalue weighted by atomic mass is 16.5. The van der Waals surface area contributed by atoms with E-state index in [0.717, 1.165) is 5.56 Å². The minimum atomic E-state index is -0.219. The Morgan fingerprint density at radius 1 is 1.17 bits per heavy atom. The molecule has 1 aromatic carbocycles. The molecule has 0 bridgehead atoms. The van der Waals surface area contributed by atoms with Gasteiger partial charge in [0, 0.05) is 31.6 Å². The van der Waals surface area contributed by atoms with Gasteiger partial charge in [0.25, 0.3) is 11.3 Å². The summed E-state index contributed by atoms with van der Waals surface area (Å²) in [5, 5.41) is 6.16. The van der Waals surface area contributed by atoms with Crippen LogP contribution in [0.1, 0.15) is 28.8 Å². The number of nitrogens with zero attached hydrogens (tertiary/aromatic N) is 4. The summed E-state index contributed by atoms with van der Waals surface area (Å²) in [5.74, 6) is 0.820. The molecule has 1 amide bonds. The maximum absolute atomic E-state index is 12.9. The van der Waals surface area contributed by atoms with Crippen molar-refractivity contribution >= 4 is 17.6 Å². The number of ether oxygens (including phenoxy) is 1. The molecule has 1 aliphatic heterocycles. The lowest BCUT2D eigenvalue weighted by molar-refractivity contribution is -0.135. The third-order valence-corrected chi connectivity index (χ3v) is 5.33. The van der Waals surface area contributed by atoms with Crippen LogP contribution in [0.3, 0.4) is 0 Å². The van der Waals surface area contributed by atoms with Gasteiger partial charge in [0.1, 0.15) is 0 Å². The summed E-state index contributed by atoms with van der Waals surface area (Å²) < 4.78 is 6.61. The van der Waals surface area contributed by atoms with Crippen LogP contribution in [0.4, 0.5) is 5.95 Å². The van der Waals surface area contributed by atoms with Gasteiger partial charge in [-0.3, -0.25) is 14.7 Å². The van der Waals surface area contributed by atoms with Gasteiger partial charge >= 0.3 is 0 Å². The summed E-state index contributed by atoms with van der Waals surface area (Å²) in [6.45, 7) is 6.73. The summed E-state index contributed by atoms with van der Waals surface area (Å²) in [4.78, 5) is 36.0. The van der Waals surface area contributed by atoms with Gasteiger partial charge in [0.15, 0.2) is 0 Å². The first-order valence-corrected chi connectivity index (χ1v) is 10.1. The van der Waals surface area contributed by atoms with Crippen LogP contribution >= 0.6 is 0 Å². The fraction of sp³-hybridized carbons (Fsp3) is 0.429. The maximum Gasteiger partial charge on any atom is 0.277 e. The van der Waals surface area contributed by atoms with Crippen LogP contribution in [0.15, 0.2) is 29.1 Å². The molecule has 3 aromatic rings. The van der Waals surface area contributed by atoms with Crippen molar-refractivity contribution in [2.45, 2.75) is 33.2 Å². The van der Waals surface area contributed by atoms with Gasteiger partial charge < -0.3 is 15.0 Å². The molecule has 2 aromatic heterocycles. The number of benzene rings is 1. The Kier molecular flexibility index (Phi) is 5.80. The minimum absolute atomic E-state index is 0.0345. The zero-order valence-corrected chi connectivity index (χ0v) is 17.3. The number of aryl methyl sites for hydroxylation is 2. The second-order valence-corrected chi connectivity index (χ2v) is 7.52. The molecule has 30 heavy (non-hydrogen) atoms. The van der Waals surface area contributed by atoms with Crippen LogP contribution in [0.5, 0.6) is 0 Å². The first-order valence-electron chi connectivity index (χ1n) is 10.1. The van der Waals surface area contributed by atoms with E-state index in [2.05, 4.69) is 32.5 Å². The van der Waals surface area contributed by atoms with Crippen molar-refractivity contribution in [3.63, 3.8) is 0 Å². The zero-order chi connectivity index (χ0) is 21.1. The molecule has 1 aliphatic rings. The summed E-state index contributed by atoms with van der Waals surface area (Å²) in [7, 11) is 0. The lowest BCUT2D eigenvalue weighted by Gasteiger charge is -2.26. The van der Waals surface area contributed by atoms with E-state index in [4.69, 9.17) is 4.74 Å². The number of anilines is 1. The Hall–Kier alpha value is -3.20. The number of rotatable bonds is 6. The number of carbonyl (C=O) groups excluding carboxylic acids is 1. The Bertz CT molecular complexity index is 1100. The highest BCUT2D eigenvalue weighted by Crippen LogP contribution is 2.10. The summed E-state index contributed by atoms with van der Waals surface area (Å²) in [6, 6.07) is 8.19. The van der Waals surface area contributed by atoms with Crippen LogP contribution in [-0.2, 0) is 22.5 Å². The average molecular weight is 410 g/mol. The van der Waals surface area contributed by atoms with Crippen LogP contribution in [0.25, 0.3) is 5.78 Å². The SMILES string of the molecule is Cc1ccc(CNc2nc3nc(C)c(CCC(=O)N4CCOCC4)c(=O)n3[nH]2)cc1. The molecule has 0 atom stereocenters. The molecular weight excluding hydrogens is 384 g/mol. The molecule has 3 heterocycles. The van der Waals surface area contributed by atoms with Gasteiger partial charge in [-0.25, -0.2) is 4.98 Å². The van der Waals surface area contributed by atoms with Gasteiger partial charge in [-0.15, -0.1) is 0 Å². The van der Waals surface area contributed by atoms with Crippen molar-refractivity contribution in [3.8, 4) is 0 Å². The number of morpholine rings is 1. The summed E-state index contributed by atoms with van der Waals surface area (Å²) in [5.41, 5.74) is 3.23. The van der Waals surface area contributed by atoms with Crippen molar-refractivity contribution < 1.29 is 9.53 Å². The molecule has 1 fully saturated rings. The topological polar surface area (TPSA) is 105 Å². The van der Waals surface area contributed by atoms with Gasteiger partial charge in [-0.05, 0) is 25.8 Å².